The van der Waals surface area contributed by atoms with Gasteiger partial charge in [0.05, 0.1) is 31.4 Å². The second-order valence-corrected chi connectivity index (χ2v) is 6.04. The number of hydrogen-bond donors (Lipinski definition) is 1. The molecular formula is C16H24N4O5. The molecule has 0 aliphatic rings. The van der Waals surface area contributed by atoms with Gasteiger partial charge in [-0.05, 0) is 20.8 Å². The van der Waals surface area contributed by atoms with E-state index in [4.69, 9.17) is 20.0 Å². The molecule has 0 spiro atoms. The highest BCUT2D eigenvalue weighted by Crippen LogP contribution is 2.06. The van der Waals surface area contributed by atoms with Gasteiger partial charge in [-0.1, -0.05) is 0 Å². The molecule has 0 rings (SSSR count). The molecule has 25 heavy (non-hydrogen) atoms. The summed E-state index contributed by atoms with van der Waals surface area (Å²) in [6.07, 6.45) is -0.491. The smallest absolute Gasteiger partial charge is 0.407 e. The molecule has 9 heteroatoms. The van der Waals surface area contributed by atoms with Crippen LogP contribution in [0.4, 0.5) is 4.79 Å². The van der Waals surface area contributed by atoms with Crippen LogP contribution >= 0.6 is 0 Å². The number of amides is 2. The first kappa shape index (κ1) is 22.2. The normalized spacial score (nSPS) is 10.1. The maximum absolute atomic E-state index is 11.9. The Morgan fingerprint density at radius 1 is 1.08 bits per heavy atom. The van der Waals surface area contributed by atoms with Crippen molar-refractivity contribution in [3.63, 3.8) is 0 Å². The summed E-state index contributed by atoms with van der Waals surface area (Å²) in [7, 11) is 0. The van der Waals surface area contributed by atoms with E-state index in [-0.39, 0.29) is 38.9 Å². The van der Waals surface area contributed by atoms with Crippen LogP contribution in [-0.2, 0) is 19.1 Å². The minimum Gasteiger partial charge on any atom is -0.456 e. The van der Waals surface area contributed by atoms with Crippen molar-refractivity contribution in [3.05, 3.63) is 0 Å². The molecule has 1 N–H and O–H groups in total. The van der Waals surface area contributed by atoms with Crippen molar-refractivity contribution >= 4 is 18.0 Å². The molecule has 0 radical (unpaired) electrons. The first-order chi connectivity index (χ1) is 11.7. The van der Waals surface area contributed by atoms with Crippen LogP contribution in [0, 0.1) is 22.7 Å². The number of carbonyl (C=O) groups is 3. The van der Waals surface area contributed by atoms with Crippen LogP contribution in [-0.4, -0.2) is 54.7 Å². The lowest BCUT2D eigenvalue weighted by Gasteiger charge is -2.20. The number of rotatable bonds is 9. The fourth-order valence-corrected chi connectivity index (χ4v) is 1.62. The lowest BCUT2D eigenvalue weighted by atomic mass is 10.2. The van der Waals surface area contributed by atoms with Gasteiger partial charge in [-0.3, -0.25) is 9.59 Å². The zero-order chi connectivity index (χ0) is 19.3. The Kier molecular flexibility index (Phi) is 10.4. The van der Waals surface area contributed by atoms with Crippen LogP contribution in [0.15, 0.2) is 0 Å². The van der Waals surface area contributed by atoms with Gasteiger partial charge in [0.1, 0.15) is 5.60 Å². The molecule has 0 atom stereocenters. The fraction of sp³-hybridized carbons (Fsp3) is 0.688. The second-order valence-electron chi connectivity index (χ2n) is 6.04. The van der Waals surface area contributed by atoms with Crippen LogP contribution in [0.3, 0.4) is 0 Å². The molecule has 9 nitrogen and oxygen atoms in total. The highest BCUT2D eigenvalue weighted by Gasteiger charge is 2.17. The molecule has 0 aliphatic carbocycles. The number of alkyl carbamates (subject to hydrolysis) is 1. The van der Waals surface area contributed by atoms with Crippen molar-refractivity contribution in [2.24, 2.45) is 0 Å². The molecule has 0 aliphatic heterocycles. The Labute approximate surface area is 147 Å². The van der Waals surface area contributed by atoms with E-state index in [9.17, 15) is 14.4 Å². The van der Waals surface area contributed by atoms with Crippen molar-refractivity contribution < 1.29 is 23.9 Å². The van der Waals surface area contributed by atoms with E-state index in [1.165, 1.54) is 4.90 Å². The molecule has 0 aromatic heterocycles. The molecule has 0 saturated heterocycles. The molecule has 0 bridgehead atoms. The van der Waals surface area contributed by atoms with Gasteiger partial charge in [0.25, 0.3) is 5.91 Å². The van der Waals surface area contributed by atoms with E-state index in [2.05, 4.69) is 5.32 Å². The number of hydrogen-bond acceptors (Lipinski definition) is 7. The predicted octanol–water partition coefficient (Wildman–Crippen LogP) is 1.10. The topological polar surface area (TPSA) is 133 Å². The van der Waals surface area contributed by atoms with Gasteiger partial charge in [0, 0.05) is 19.6 Å². The Balaban J connectivity index is 4.13. The summed E-state index contributed by atoms with van der Waals surface area (Å²) in [6.45, 7) is 5.06. The van der Waals surface area contributed by atoms with E-state index in [1.54, 1.807) is 20.8 Å². The van der Waals surface area contributed by atoms with E-state index in [1.807, 2.05) is 12.1 Å². The zero-order valence-corrected chi connectivity index (χ0v) is 14.8. The van der Waals surface area contributed by atoms with E-state index in [0.29, 0.717) is 0 Å². The van der Waals surface area contributed by atoms with Crippen molar-refractivity contribution in [2.45, 2.75) is 45.6 Å². The minimum absolute atomic E-state index is 0.0223. The quantitative estimate of drug-likeness (QED) is 0.614. The molecule has 0 heterocycles. The molecule has 0 aromatic carbocycles. The van der Waals surface area contributed by atoms with Crippen LogP contribution in [0.25, 0.3) is 0 Å². The Morgan fingerprint density at radius 3 is 2.12 bits per heavy atom. The third-order valence-electron chi connectivity index (χ3n) is 2.69. The average Bonchev–Trinajstić information content (AvgIpc) is 2.51. The summed E-state index contributed by atoms with van der Waals surface area (Å²) >= 11 is 0. The Hall–Kier alpha value is -2.81. The maximum atomic E-state index is 11.9. The summed E-state index contributed by atoms with van der Waals surface area (Å²) in [4.78, 5) is 36.2. The van der Waals surface area contributed by atoms with Crippen LogP contribution < -0.4 is 5.32 Å². The summed E-state index contributed by atoms with van der Waals surface area (Å²) in [6, 6.07) is 3.82. The van der Waals surface area contributed by atoms with Crippen LogP contribution in [0.1, 0.15) is 40.0 Å². The number of ether oxygens (including phenoxy) is 2. The van der Waals surface area contributed by atoms with Crippen LogP contribution in [0.5, 0.6) is 0 Å². The summed E-state index contributed by atoms with van der Waals surface area (Å²) in [5.74, 6) is -1.12. The standard InChI is InChI=1S/C16H24N4O5/c1-16(2,3)25-15(23)19-9-6-14(22)24-12-13(21)20(10-4-7-17)11-5-8-18/h4-6,9-12H2,1-3H3,(H,19,23). The molecule has 138 valence electrons. The Morgan fingerprint density at radius 2 is 1.64 bits per heavy atom. The van der Waals surface area contributed by atoms with Gasteiger partial charge in [-0.2, -0.15) is 10.5 Å². The van der Waals surface area contributed by atoms with E-state index < -0.39 is 30.2 Å². The fourth-order valence-electron chi connectivity index (χ4n) is 1.62. The number of nitrogens with one attached hydrogen (secondary N) is 1. The molecular weight excluding hydrogens is 328 g/mol. The van der Waals surface area contributed by atoms with Gasteiger partial charge in [0.2, 0.25) is 0 Å². The first-order valence-electron chi connectivity index (χ1n) is 7.83. The Bertz CT molecular complexity index is 524. The van der Waals surface area contributed by atoms with Gasteiger partial charge in [-0.25, -0.2) is 4.79 Å². The third-order valence-corrected chi connectivity index (χ3v) is 2.69. The van der Waals surface area contributed by atoms with Gasteiger partial charge in [-0.15, -0.1) is 0 Å². The monoisotopic (exact) mass is 352 g/mol. The van der Waals surface area contributed by atoms with Gasteiger partial charge in [0.15, 0.2) is 6.61 Å². The highest BCUT2D eigenvalue weighted by atomic mass is 16.6. The highest BCUT2D eigenvalue weighted by molar-refractivity contribution is 5.80. The van der Waals surface area contributed by atoms with Crippen molar-refractivity contribution in [1.29, 1.82) is 10.5 Å². The largest absolute Gasteiger partial charge is 0.456 e. The molecule has 2 amide bonds. The zero-order valence-electron chi connectivity index (χ0n) is 14.8. The molecule has 0 saturated carbocycles. The summed E-state index contributed by atoms with van der Waals surface area (Å²) in [5.41, 5.74) is -0.632. The van der Waals surface area contributed by atoms with Gasteiger partial charge < -0.3 is 19.7 Å². The van der Waals surface area contributed by atoms with Crippen molar-refractivity contribution in [3.8, 4) is 12.1 Å². The third kappa shape index (κ3) is 12.3. The number of nitriles is 2. The second kappa shape index (κ2) is 11.7. The predicted molar refractivity (Wildman–Crippen MR) is 86.9 cm³/mol. The van der Waals surface area contributed by atoms with Crippen molar-refractivity contribution in [1.82, 2.24) is 10.2 Å². The summed E-state index contributed by atoms with van der Waals surface area (Å²) in [5, 5.41) is 19.5. The SMILES string of the molecule is CC(C)(C)OC(=O)NCCC(=O)OCC(=O)N(CCC#N)CCC#N. The van der Waals surface area contributed by atoms with Gasteiger partial charge >= 0.3 is 12.1 Å². The molecule has 0 unspecified atom stereocenters. The number of esters is 1. The number of nitrogens with zero attached hydrogens (tertiary/aromatic N) is 3. The molecule has 0 aromatic rings. The first-order valence-corrected chi connectivity index (χ1v) is 7.83. The van der Waals surface area contributed by atoms with E-state index in [0.717, 1.165) is 0 Å². The average molecular weight is 352 g/mol. The van der Waals surface area contributed by atoms with E-state index >= 15 is 0 Å². The van der Waals surface area contributed by atoms with Crippen LogP contribution in [0.2, 0.25) is 0 Å². The lowest BCUT2D eigenvalue weighted by molar-refractivity contribution is -0.151. The van der Waals surface area contributed by atoms with Crippen molar-refractivity contribution in [2.75, 3.05) is 26.2 Å². The lowest BCUT2D eigenvalue weighted by Crippen LogP contribution is -2.36. The number of carbonyl (C=O) groups excluding carboxylic acids is 3. The summed E-state index contributed by atoms with van der Waals surface area (Å²) < 4.78 is 9.85. The minimum atomic E-state index is -0.648. The maximum Gasteiger partial charge on any atom is 0.407 e. The molecule has 0 fully saturated rings.